The van der Waals surface area contributed by atoms with E-state index < -0.39 is 0 Å². The molecule has 0 spiro atoms. The summed E-state index contributed by atoms with van der Waals surface area (Å²) in [7, 11) is 0. The number of hydrogen-bond donors (Lipinski definition) is 2. The molecule has 1 aromatic heterocycles. The van der Waals surface area contributed by atoms with Crippen molar-refractivity contribution >= 4 is 28.4 Å². The van der Waals surface area contributed by atoms with E-state index in [9.17, 15) is 4.79 Å². The van der Waals surface area contributed by atoms with Gasteiger partial charge in [0.2, 0.25) is 5.91 Å². The first kappa shape index (κ1) is 13.3. The van der Waals surface area contributed by atoms with Crippen molar-refractivity contribution in [3.63, 3.8) is 0 Å². The Labute approximate surface area is 122 Å². The summed E-state index contributed by atoms with van der Waals surface area (Å²) in [6.07, 6.45) is 3.97. The lowest BCUT2D eigenvalue weighted by molar-refractivity contribution is -0.120. The lowest BCUT2D eigenvalue weighted by atomic mass is 10.1. The van der Waals surface area contributed by atoms with Gasteiger partial charge < -0.3 is 10.6 Å². The van der Waals surface area contributed by atoms with E-state index >= 15 is 0 Å². The van der Waals surface area contributed by atoms with E-state index in [1.165, 1.54) is 0 Å². The molecular formula is C15H16ClN3O. The van der Waals surface area contributed by atoms with Crippen molar-refractivity contribution in [3.8, 4) is 0 Å². The van der Waals surface area contributed by atoms with Crippen molar-refractivity contribution in [2.75, 3.05) is 6.54 Å². The predicted molar refractivity (Wildman–Crippen MR) is 79.6 cm³/mol. The Morgan fingerprint density at radius 3 is 3.00 bits per heavy atom. The fourth-order valence-corrected chi connectivity index (χ4v) is 2.37. The van der Waals surface area contributed by atoms with Crippen LogP contribution < -0.4 is 10.6 Å². The third-order valence-electron chi connectivity index (χ3n) is 3.34. The number of fused-ring (bicyclic) bond motifs is 1. The predicted octanol–water partition coefficient (Wildman–Crippen LogP) is 2.26. The molecule has 0 saturated heterocycles. The fraction of sp³-hybridized carbons (Fsp3) is 0.333. The van der Waals surface area contributed by atoms with Gasteiger partial charge in [-0.05, 0) is 36.6 Å². The van der Waals surface area contributed by atoms with Gasteiger partial charge in [-0.3, -0.25) is 9.78 Å². The largest absolute Gasteiger partial charge is 0.352 e. The smallest absolute Gasteiger partial charge is 0.234 e. The molecule has 1 aliphatic carbocycles. The van der Waals surface area contributed by atoms with E-state index in [0.29, 0.717) is 24.2 Å². The average molecular weight is 290 g/mol. The second-order valence-electron chi connectivity index (χ2n) is 5.05. The molecule has 0 aliphatic heterocycles. The number of carbonyl (C=O) groups excluding carboxylic acids is 1. The van der Waals surface area contributed by atoms with Gasteiger partial charge in [-0.1, -0.05) is 17.7 Å². The third kappa shape index (κ3) is 3.08. The van der Waals surface area contributed by atoms with Crippen LogP contribution in [-0.4, -0.2) is 23.5 Å². The van der Waals surface area contributed by atoms with Crippen LogP contribution in [0.2, 0.25) is 5.02 Å². The number of carbonyl (C=O) groups is 1. The minimum atomic E-state index is 0.0544. The van der Waals surface area contributed by atoms with Gasteiger partial charge >= 0.3 is 0 Å². The summed E-state index contributed by atoms with van der Waals surface area (Å²) in [4.78, 5) is 16.0. The number of rotatable bonds is 5. The van der Waals surface area contributed by atoms with Gasteiger partial charge in [-0.2, -0.15) is 0 Å². The van der Waals surface area contributed by atoms with Crippen molar-refractivity contribution in [1.82, 2.24) is 15.6 Å². The summed E-state index contributed by atoms with van der Waals surface area (Å²) < 4.78 is 0. The first-order valence-corrected chi connectivity index (χ1v) is 7.14. The quantitative estimate of drug-likeness (QED) is 0.888. The molecule has 20 heavy (non-hydrogen) atoms. The highest BCUT2D eigenvalue weighted by atomic mass is 35.5. The van der Waals surface area contributed by atoms with E-state index in [-0.39, 0.29) is 5.91 Å². The molecule has 2 aromatic rings. The molecule has 1 fully saturated rings. The highest BCUT2D eigenvalue weighted by Crippen LogP contribution is 2.24. The number of halogens is 1. The van der Waals surface area contributed by atoms with E-state index in [1.54, 1.807) is 6.20 Å². The molecule has 2 N–H and O–H groups in total. The van der Waals surface area contributed by atoms with Gasteiger partial charge in [0.15, 0.2) is 0 Å². The zero-order chi connectivity index (χ0) is 13.9. The highest BCUT2D eigenvalue weighted by Gasteiger charge is 2.22. The summed E-state index contributed by atoms with van der Waals surface area (Å²) in [6, 6.07) is 8.04. The van der Waals surface area contributed by atoms with Crippen molar-refractivity contribution in [1.29, 1.82) is 0 Å². The Hall–Kier alpha value is -1.65. The number of benzene rings is 1. The van der Waals surface area contributed by atoms with Crippen LogP contribution >= 0.6 is 11.6 Å². The maximum atomic E-state index is 11.6. The molecular weight excluding hydrogens is 274 g/mol. The van der Waals surface area contributed by atoms with Crippen LogP contribution in [-0.2, 0) is 11.3 Å². The average Bonchev–Trinajstić information content (AvgIpc) is 3.26. The van der Waals surface area contributed by atoms with Crippen LogP contribution in [0.1, 0.15) is 18.4 Å². The summed E-state index contributed by atoms with van der Waals surface area (Å²) in [5.74, 6) is 0.0544. The maximum absolute atomic E-state index is 11.6. The zero-order valence-corrected chi connectivity index (χ0v) is 11.8. The summed E-state index contributed by atoms with van der Waals surface area (Å²) >= 11 is 6.15. The molecule has 3 rings (SSSR count). The molecule has 0 unspecified atom stereocenters. The molecule has 1 saturated carbocycles. The van der Waals surface area contributed by atoms with E-state index in [0.717, 1.165) is 29.3 Å². The molecule has 1 aromatic carbocycles. The molecule has 5 heteroatoms. The minimum Gasteiger partial charge on any atom is -0.352 e. The lowest BCUT2D eigenvalue weighted by Gasteiger charge is -2.09. The van der Waals surface area contributed by atoms with Crippen LogP contribution in [0.25, 0.3) is 10.9 Å². The van der Waals surface area contributed by atoms with Gasteiger partial charge in [0.25, 0.3) is 0 Å². The minimum absolute atomic E-state index is 0.0544. The number of nitrogens with one attached hydrogen (secondary N) is 2. The second-order valence-corrected chi connectivity index (χ2v) is 5.46. The zero-order valence-electron chi connectivity index (χ0n) is 11.0. The molecule has 0 radical (unpaired) electrons. The van der Waals surface area contributed by atoms with Crippen LogP contribution in [0.3, 0.4) is 0 Å². The normalized spacial score (nSPS) is 14.4. The monoisotopic (exact) mass is 289 g/mol. The standard InChI is InChI=1S/C15H16ClN3O/c16-13-6-3-10(15-12(13)2-1-7-18-15)8-17-9-14(20)19-11-4-5-11/h1-3,6-7,11,17H,4-5,8-9H2,(H,19,20). The maximum Gasteiger partial charge on any atom is 0.234 e. The molecule has 4 nitrogen and oxygen atoms in total. The van der Waals surface area contributed by atoms with Crippen LogP contribution in [0.4, 0.5) is 0 Å². The molecule has 0 atom stereocenters. The number of amides is 1. The Morgan fingerprint density at radius 1 is 1.35 bits per heavy atom. The van der Waals surface area contributed by atoms with Crippen LogP contribution in [0.15, 0.2) is 30.5 Å². The van der Waals surface area contributed by atoms with Crippen molar-refractivity contribution in [2.24, 2.45) is 0 Å². The van der Waals surface area contributed by atoms with Crippen LogP contribution in [0, 0.1) is 0 Å². The summed E-state index contributed by atoms with van der Waals surface area (Å²) in [5.41, 5.74) is 1.93. The highest BCUT2D eigenvalue weighted by molar-refractivity contribution is 6.35. The Balaban J connectivity index is 1.65. The SMILES string of the molecule is O=C(CNCc1ccc(Cl)c2cccnc12)NC1CC1. The van der Waals surface area contributed by atoms with Gasteiger partial charge in [-0.15, -0.1) is 0 Å². The first-order chi connectivity index (χ1) is 9.74. The van der Waals surface area contributed by atoms with E-state index in [1.807, 2.05) is 24.3 Å². The Bertz CT molecular complexity index is 640. The molecule has 1 amide bonds. The lowest BCUT2D eigenvalue weighted by Crippen LogP contribution is -2.34. The van der Waals surface area contributed by atoms with Gasteiger partial charge in [0, 0.05) is 29.2 Å². The molecule has 0 bridgehead atoms. The van der Waals surface area contributed by atoms with E-state index in [4.69, 9.17) is 11.6 Å². The fourth-order valence-electron chi connectivity index (χ4n) is 2.16. The molecule has 1 heterocycles. The molecule has 1 aliphatic rings. The third-order valence-corrected chi connectivity index (χ3v) is 3.67. The van der Waals surface area contributed by atoms with Gasteiger partial charge in [0.1, 0.15) is 0 Å². The van der Waals surface area contributed by atoms with Crippen LogP contribution in [0.5, 0.6) is 0 Å². The Kier molecular flexibility index (Phi) is 3.85. The topological polar surface area (TPSA) is 54.0 Å². The van der Waals surface area contributed by atoms with Gasteiger partial charge in [0.05, 0.1) is 12.1 Å². The number of hydrogen-bond acceptors (Lipinski definition) is 3. The Morgan fingerprint density at radius 2 is 2.20 bits per heavy atom. The van der Waals surface area contributed by atoms with E-state index in [2.05, 4.69) is 15.6 Å². The first-order valence-electron chi connectivity index (χ1n) is 6.76. The van der Waals surface area contributed by atoms with Crippen molar-refractivity contribution in [3.05, 3.63) is 41.0 Å². The number of pyridine rings is 1. The molecule has 104 valence electrons. The number of aromatic nitrogens is 1. The van der Waals surface area contributed by atoms with Crippen molar-refractivity contribution < 1.29 is 4.79 Å². The van der Waals surface area contributed by atoms with Crippen molar-refractivity contribution in [2.45, 2.75) is 25.4 Å². The summed E-state index contributed by atoms with van der Waals surface area (Å²) in [6.45, 7) is 0.927. The second kappa shape index (κ2) is 5.77. The van der Waals surface area contributed by atoms with Gasteiger partial charge in [-0.25, -0.2) is 0 Å². The number of nitrogens with zero attached hydrogens (tertiary/aromatic N) is 1. The summed E-state index contributed by atoms with van der Waals surface area (Å²) in [5, 5.41) is 7.74.